The molecule has 0 bridgehead atoms. The maximum absolute atomic E-state index is 12.2. The minimum absolute atomic E-state index is 0.145. The predicted octanol–water partition coefficient (Wildman–Crippen LogP) is 2.83. The van der Waals surface area contributed by atoms with Crippen LogP contribution >= 0.6 is 11.6 Å². The number of hydrogen-bond donors (Lipinski definition) is 3. The van der Waals surface area contributed by atoms with Crippen molar-refractivity contribution in [2.75, 3.05) is 26.7 Å². The molecule has 0 spiro atoms. The molecule has 3 N–H and O–H groups in total. The van der Waals surface area contributed by atoms with Crippen molar-refractivity contribution in [2.24, 2.45) is 4.99 Å². The Bertz CT molecular complexity index is 780. The van der Waals surface area contributed by atoms with E-state index in [-0.39, 0.29) is 5.91 Å². The van der Waals surface area contributed by atoms with Crippen LogP contribution in [0.3, 0.4) is 0 Å². The van der Waals surface area contributed by atoms with Crippen LogP contribution in [0.2, 0.25) is 5.02 Å². The van der Waals surface area contributed by atoms with Crippen LogP contribution in [0.5, 0.6) is 5.75 Å². The van der Waals surface area contributed by atoms with Crippen molar-refractivity contribution < 1.29 is 9.53 Å². The lowest BCUT2D eigenvalue weighted by Gasteiger charge is -2.12. The van der Waals surface area contributed by atoms with Crippen molar-refractivity contribution in [3.63, 3.8) is 0 Å². The van der Waals surface area contributed by atoms with Crippen molar-refractivity contribution in [1.29, 1.82) is 0 Å². The highest BCUT2D eigenvalue weighted by Crippen LogP contribution is 2.15. The Kier molecular flexibility index (Phi) is 8.45. The second kappa shape index (κ2) is 11.1. The zero-order valence-electron chi connectivity index (χ0n) is 15.6. The summed E-state index contributed by atoms with van der Waals surface area (Å²) in [6.45, 7) is 4.23. The van der Waals surface area contributed by atoms with Gasteiger partial charge in [-0.25, -0.2) is 4.99 Å². The van der Waals surface area contributed by atoms with Crippen LogP contribution in [0, 0.1) is 0 Å². The molecule has 27 heavy (non-hydrogen) atoms. The Hall–Kier alpha value is -2.73. The van der Waals surface area contributed by atoms with Crippen LogP contribution in [-0.4, -0.2) is 38.6 Å². The summed E-state index contributed by atoms with van der Waals surface area (Å²) >= 11 is 6.16. The Morgan fingerprint density at radius 1 is 1.07 bits per heavy atom. The molecule has 2 aromatic carbocycles. The zero-order chi connectivity index (χ0) is 19.5. The van der Waals surface area contributed by atoms with Gasteiger partial charge in [0.1, 0.15) is 5.75 Å². The maximum atomic E-state index is 12.2. The highest BCUT2D eigenvalue weighted by Gasteiger charge is 2.06. The topological polar surface area (TPSA) is 74.8 Å². The van der Waals surface area contributed by atoms with Gasteiger partial charge in [-0.15, -0.1) is 0 Å². The Balaban J connectivity index is 1.82. The third-order valence-corrected chi connectivity index (χ3v) is 4.11. The van der Waals surface area contributed by atoms with E-state index in [4.69, 9.17) is 16.3 Å². The number of carbonyl (C=O) groups excluding carboxylic acids is 1. The number of guanidine groups is 1. The Morgan fingerprint density at radius 2 is 1.85 bits per heavy atom. The standard InChI is InChI=1S/C20H25ClN4O2/c1-3-22-20(25-14-16-7-4-5-10-18(16)21)24-12-11-23-19(26)15-8-6-9-17(13-15)27-2/h4-10,13H,3,11-12,14H2,1-2H3,(H,23,26)(H2,22,24,25). The molecular weight excluding hydrogens is 364 g/mol. The van der Waals surface area contributed by atoms with Crippen molar-refractivity contribution >= 4 is 23.5 Å². The molecule has 6 nitrogen and oxygen atoms in total. The molecule has 144 valence electrons. The monoisotopic (exact) mass is 388 g/mol. The fourth-order valence-corrected chi connectivity index (χ4v) is 2.55. The van der Waals surface area contributed by atoms with Crippen LogP contribution in [0.15, 0.2) is 53.5 Å². The van der Waals surface area contributed by atoms with Crippen molar-refractivity contribution in [3.05, 3.63) is 64.7 Å². The first-order valence-corrected chi connectivity index (χ1v) is 9.19. The average Bonchev–Trinajstić information content (AvgIpc) is 2.70. The number of rotatable bonds is 8. The van der Waals surface area contributed by atoms with E-state index < -0.39 is 0 Å². The summed E-state index contributed by atoms with van der Waals surface area (Å²) < 4.78 is 5.14. The van der Waals surface area contributed by atoms with Gasteiger partial charge in [-0.05, 0) is 36.8 Å². The Labute approximate surface area is 165 Å². The summed E-state index contributed by atoms with van der Waals surface area (Å²) in [5.74, 6) is 1.18. The van der Waals surface area contributed by atoms with E-state index >= 15 is 0 Å². The molecule has 0 aromatic heterocycles. The van der Waals surface area contributed by atoms with E-state index in [0.29, 0.717) is 41.9 Å². The molecule has 1 amide bonds. The number of carbonyl (C=O) groups is 1. The van der Waals surface area contributed by atoms with E-state index in [1.165, 1.54) is 0 Å². The first-order valence-electron chi connectivity index (χ1n) is 8.82. The molecule has 7 heteroatoms. The van der Waals surface area contributed by atoms with Gasteiger partial charge in [0.2, 0.25) is 0 Å². The summed E-state index contributed by atoms with van der Waals surface area (Å²) in [4.78, 5) is 16.7. The molecule has 0 saturated heterocycles. The molecular formula is C20H25ClN4O2. The van der Waals surface area contributed by atoms with Gasteiger partial charge in [0, 0.05) is 30.2 Å². The van der Waals surface area contributed by atoms with E-state index in [1.54, 1.807) is 31.4 Å². The van der Waals surface area contributed by atoms with Crippen LogP contribution < -0.4 is 20.7 Å². The predicted molar refractivity (Wildman–Crippen MR) is 110 cm³/mol. The fraction of sp³-hybridized carbons (Fsp3) is 0.300. The first-order chi connectivity index (χ1) is 13.1. The van der Waals surface area contributed by atoms with Gasteiger partial charge in [-0.2, -0.15) is 0 Å². The second-order valence-electron chi connectivity index (χ2n) is 5.70. The number of hydrogen-bond acceptors (Lipinski definition) is 3. The van der Waals surface area contributed by atoms with E-state index in [9.17, 15) is 4.79 Å². The number of halogens is 1. The lowest BCUT2D eigenvalue weighted by Crippen LogP contribution is -2.41. The van der Waals surface area contributed by atoms with Gasteiger partial charge in [0.25, 0.3) is 5.91 Å². The van der Waals surface area contributed by atoms with Crippen molar-refractivity contribution in [2.45, 2.75) is 13.5 Å². The fourth-order valence-electron chi connectivity index (χ4n) is 2.36. The molecule has 0 atom stereocenters. The number of ether oxygens (including phenoxy) is 1. The summed E-state index contributed by atoms with van der Waals surface area (Å²) in [5.41, 5.74) is 1.52. The van der Waals surface area contributed by atoms with Gasteiger partial charge in [-0.3, -0.25) is 4.79 Å². The largest absolute Gasteiger partial charge is 0.497 e. The highest BCUT2D eigenvalue weighted by atomic mass is 35.5. The van der Waals surface area contributed by atoms with Crippen molar-refractivity contribution in [3.8, 4) is 5.75 Å². The normalized spacial score (nSPS) is 11.0. The van der Waals surface area contributed by atoms with Crippen LogP contribution in [0.25, 0.3) is 0 Å². The van der Waals surface area contributed by atoms with Crippen LogP contribution in [0.4, 0.5) is 0 Å². The van der Waals surface area contributed by atoms with Crippen LogP contribution in [0.1, 0.15) is 22.8 Å². The molecule has 2 rings (SSSR count). The number of methoxy groups -OCH3 is 1. The summed E-state index contributed by atoms with van der Waals surface area (Å²) in [6, 6.07) is 14.7. The van der Waals surface area contributed by atoms with Gasteiger partial charge in [0.15, 0.2) is 5.96 Å². The molecule has 0 fully saturated rings. The lowest BCUT2D eigenvalue weighted by atomic mass is 10.2. The molecule has 2 aromatic rings. The number of nitrogens with one attached hydrogen (secondary N) is 3. The first kappa shape index (κ1) is 20.6. The van der Waals surface area contributed by atoms with E-state index in [1.807, 2.05) is 31.2 Å². The van der Waals surface area contributed by atoms with Crippen LogP contribution in [-0.2, 0) is 6.54 Å². The number of amides is 1. The minimum atomic E-state index is -0.145. The molecule has 0 aliphatic heterocycles. The summed E-state index contributed by atoms with van der Waals surface area (Å²) in [7, 11) is 1.57. The molecule has 0 radical (unpaired) electrons. The third kappa shape index (κ3) is 6.83. The van der Waals surface area contributed by atoms with E-state index in [2.05, 4.69) is 20.9 Å². The van der Waals surface area contributed by atoms with Gasteiger partial charge in [0.05, 0.1) is 13.7 Å². The maximum Gasteiger partial charge on any atom is 0.251 e. The molecule has 0 unspecified atom stereocenters. The quantitative estimate of drug-likeness (QED) is 0.369. The van der Waals surface area contributed by atoms with Gasteiger partial charge in [-0.1, -0.05) is 35.9 Å². The zero-order valence-corrected chi connectivity index (χ0v) is 16.3. The minimum Gasteiger partial charge on any atom is -0.497 e. The molecule has 0 aliphatic rings. The van der Waals surface area contributed by atoms with Crippen molar-refractivity contribution in [1.82, 2.24) is 16.0 Å². The smallest absolute Gasteiger partial charge is 0.251 e. The number of aliphatic imine (C=N–C) groups is 1. The van der Waals surface area contributed by atoms with Gasteiger partial charge < -0.3 is 20.7 Å². The summed E-state index contributed by atoms with van der Waals surface area (Å²) in [6.07, 6.45) is 0. The third-order valence-electron chi connectivity index (χ3n) is 3.74. The summed E-state index contributed by atoms with van der Waals surface area (Å²) in [5, 5.41) is 9.94. The van der Waals surface area contributed by atoms with E-state index in [0.717, 1.165) is 12.1 Å². The lowest BCUT2D eigenvalue weighted by molar-refractivity contribution is 0.0954. The van der Waals surface area contributed by atoms with Gasteiger partial charge >= 0.3 is 0 Å². The second-order valence-corrected chi connectivity index (χ2v) is 6.11. The molecule has 0 aliphatic carbocycles. The average molecular weight is 389 g/mol. The SMILES string of the molecule is CCNC(=NCc1ccccc1Cl)NCCNC(=O)c1cccc(OC)c1. The highest BCUT2D eigenvalue weighted by molar-refractivity contribution is 6.31. The Morgan fingerprint density at radius 3 is 2.59 bits per heavy atom. The number of nitrogens with zero attached hydrogens (tertiary/aromatic N) is 1. The molecule has 0 heterocycles. The molecule has 0 saturated carbocycles. The number of benzene rings is 2.